The molecule has 1 amide bonds. The van der Waals surface area contributed by atoms with Gasteiger partial charge in [0.05, 0.1) is 0 Å². The van der Waals surface area contributed by atoms with E-state index in [1.165, 1.54) is 16.3 Å². The molecule has 0 spiro atoms. The van der Waals surface area contributed by atoms with E-state index in [9.17, 15) is 13.6 Å². The van der Waals surface area contributed by atoms with E-state index in [-0.39, 0.29) is 17.9 Å². The second-order valence-corrected chi connectivity index (χ2v) is 9.43. The highest BCUT2D eigenvalue weighted by Crippen LogP contribution is 2.37. The molecule has 3 aromatic rings. The van der Waals surface area contributed by atoms with Crippen LogP contribution in [0.15, 0.2) is 42.7 Å². The summed E-state index contributed by atoms with van der Waals surface area (Å²) in [5.41, 5.74) is 3.91. The van der Waals surface area contributed by atoms with E-state index >= 15 is 0 Å². The number of alkyl halides is 2. The summed E-state index contributed by atoms with van der Waals surface area (Å²) >= 11 is 0. The molecule has 0 bridgehead atoms. The Balaban J connectivity index is 1.34. The van der Waals surface area contributed by atoms with Gasteiger partial charge in [0.1, 0.15) is 5.69 Å². The van der Waals surface area contributed by atoms with E-state index in [0.29, 0.717) is 24.4 Å². The number of carbonyl (C=O) groups excluding carboxylic acids is 1. The van der Waals surface area contributed by atoms with E-state index in [1.807, 2.05) is 19.2 Å². The minimum absolute atomic E-state index is 0.125. The number of hydrogen-bond acceptors (Lipinski definition) is 4. The Kier molecular flexibility index (Phi) is 6.12. The predicted molar refractivity (Wildman–Crippen MR) is 130 cm³/mol. The standard InChI is InChI=1S/C27H27F2N5O/c1-18-4-6-21(26(35)31-25-14-24-27(28,29)9-3-10-34(24)32-25)13-20(18)7-5-19-12-23(16-30-15-19)22-8-11-33(2)17-22/h4,6,12-16,22H,3,8-11,17H2,1-2H3,(H,31,32,35). The highest BCUT2D eigenvalue weighted by Gasteiger charge is 2.38. The molecule has 1 atom stereocenters. The van der Waals surface area contributed by atoms with Crippen LogP contribution in [0.25, 0.3) is 0 Å². The minimum atomic E-state index is -2.93. The Labute approximate surface area is 203 Å². The van der Waals surface area contributed by atoms with Crippen LogP contribution in [0.5, 0.6) is 0 Å². The van der Waals surface area contributed by atoms with Gasteiger partial charge in [-0.2, -0.15) is 13.9 Å². The lowest BCUT2D eigenvalue weighted by Crippen LogP contribution is -2.25. The molecule has 35 heavy (non-hydrogen) atoms. The largest absolute Gasteiger partial charge is 0.306 e. The van der Waals surface area contributed by atoms with Crippen molar-refractivity contribution in [3.05, 3.63) is 76.2 Å². The molecule has 2 aliphatic heterocycles. The molecule has 4 heterocycles. The van der Waals surface area contributed by atoms with Gasteiger partial charge < -0.3 is 10.2 Å². The van der Waals surface area contributed by atoms with Crippen LogP contribution in [0.1, 0.15) is 63.5 Å². The Morgan fingerprint density at radius 2 is 2.03 bits per heavy atom. The number of rotatable bonds is 3. The molecule has 1 saturated heterocycles. The average molecular weight is 476 g/mol. The maximum absolute atomic E-state index is 14.1. The van der Waals surface area contributed by atoms with Crippen molar-refractivity contribution in [3.63, 3.8) is 0 Å². The number of pyridine rings is 1. The second kappa shape index (κ2) is 9.23. The third-order valence-electron chi connectivity index (χ3n) is 6.72. The van der Waals surface area contributed by atoms with Crippen molar-refractivity contribution < 1.29 is 13.6 Å². The molecular formula is C27H27F2N5O. The van der Waals surface area contributed by atoms with Gasteiger partial charge in [0, 0.05) is 54.7 Å². The first-order valence-electron chi connectivity index (χ1n) is 11.8. The number of fused-ring (bicyclic) bond motifs is 1. The van der Waals surface area contributed by atoms with Gasteiger partial charge in [0.15, 0.2) is 5.82 Å². The third kappa shape index (κ3) is 4.96. The number of likely N-dealkylation sites (tertiary alicyclic amines) is 1. The van der Waals surface area contributed by atoms with Crippen molar-refractivity contribution >= 4 is 11.7 Å². The summed E-state index contributed by atoms with van der Waals surface area (Å²) < 4.78 is 29.5. The normalized spacial score (nSPS) is 19.0. The van der Waals surface area contributed by atoms with Gasteiger partial charge in [-0.05, 0) is 68.6 Å². The monoisotopic (exact) mass is 475 g/mol. The number of nitrogens with zero attached hydrogens (tertiary/aromatic N) is 4. The molecular weight excluding hydrogens is 448 g/mol. The van der Waals surface area contributed by atoms with Crippen LogP contribution in [-0.2, 0) is 12.5 Å². The van der Waals surface area contributed by atoms with Crippen molar-refractivity contribution in [1.82, 2.24) is 19.7 Å². The number of amides is 1. The zero-order chi connectivity index (χ0) is 24.6. The van der Waals surface area contributed by atoms with Gasteiger partial charge in [-0.15, -0.1) is 0 Å². The van der Waals surface area contributed by atoms with E-state index in [2.05, 4.69) is 45.3 Å². The summed E-state index contributed by atoms with van der Waals surface area (Å²) in [5, 5.41) is 6.79. The van der Waals surface area contributed by atoms with Crippen LogP contribution in [0.2, 0.25) is 0 Å². The number of carbonyl (C=O) groups is 1. The number of likely N-dealkylation sites (N-methyl/N-ethyl adjacent to an activating group) is 1. The highest BCUT2D eigenvalue weighted by atomic mass is 19.3. The van der Waals surface area contributed by atoms with Crippen LogP contribution in [0, 0.1) is 18.8 Å². The first-order chi connectivity index (χ1) is 16.8. The van der Waals surface area contributed by atoms with Crippen molar-refractivity contribution in [2.24, 2.45) is 0 Å². The van der Waals surface area contributed by atoms with E-state index in [4.69, 9.17) is 0 Å². The zero-order valence-electron chi connectivity index (χ0n) is 19.8. The van der Waals surface area contributed by atoms with Crippen molar-refractivity contribution in [1.29, 1.82) is 0 Å². The van der Waals surface area contributed by atoms with Gasteiger partial charge >= 0.3 is 0 Å². The SMILES string of the molecule is Cc1ccc(C(=O)Nc2cc3n(n2)CCCC3(F)F)cc1C#Cc1cncc(C2CCN(C)C2)c1. The number of aryl methyl sites for hydroxylation is 2. The summed E-state index contributed by atoms with van der Waals surface area (Å²) in [5.74, 6) is 3.59. The summed E-state index contributed by atoms with van der Waals surface area (Å²) in [6.07, 6.45) is 4.92. The van der Waals surface area contributed by atoms with E-state index < -0.39 is 11.8 Å². The third-order valence-corrected chi connectivity index (χ3v) is 6.72. The Morgan fingerprint density at radius 1 is 1.17 bits per heavy atom. The molecule has 1 N–H and O–H groups in total. The Hall–Kier alpha value is -3.57. The van der Waals surface area contributed by atoms with Gasteiger partial charge in [0.25, 0.3) is 11.8 Å². The molecule has 0 radical (unpaired) electrons. The molecule has 1 unspecified atom stereocenters. The number of halogens is 2. The highest BCUT2D eigenvalue weighted by molar-refractivity contribution is 6.04. The van der Waals surface area contributed by atoms with E-state index in [0.717, 1.165) is 36.2 Å². The lowest BCUT2D eigenvalue weighted by molar-refractivity contribution is -0.0364. The summed E-state index contributed by atoms with van der Waals surface area (Å²) in [7, 11) is 2.12. The Morgan fingerprint density at radius 3 is 2.80 bits per heavy atom. The first-order valence-corrected chi connectivity index (χ1v) is 11.8. The average Bonchev–Trinajstić information content (AvgIpc) is 3.45. The molecule has 0 saturated carbocycles. The van der Waals surface area contributed by atoms with Crippen LogP contribution >= 0.6 is 0 Å². The molecule has 0 aliphatic carbocycles. The molecule has 5 rings (SSSR count). The zero-order valence-corrected chi connectivity index (χ0v) is 19.8. The van der Waals surface area contributed by atoms with Gasteiger partial charge in [-0.3, -0.25) is 14.5 Å². The van der Waals surface area contributed by atoms with Crippen molar-refractivity contribution in [2.75, 3.05) is 25.5 Å². The maximum Gasteiger partial charge on any atom is 0.289 e. The molecule has 2 aliphatic rings. The molecule has 1 aromatic carbocycles. The lowest BCUT2D eigenvalue weighted by Gasteiger charge is -2.22. The van der Waals surface area contributed by atoms with Crippen molar-refractivity contribution in [3.8, 4) is 11.8 Å². The molecule has 6 nitrogen and oxygen atoms in total. The van der Waals surface area contributed by atoms with Crippen LogP contribution < -0.4 is 5.32 Å². The topological polar surface area (TPSA) is 63.1 Å². The fourth-order valence-electron chi connectivity index (χ4n) is 4.70. The predicted octanol–water partition coefficient (Wildman–Crippen LogP) is 4.54. The first kappa shape index (κ1) is 23.2. The van der Waals surface area contributed by atoms with Gasteiger partial charge in [-0.25, -0.2) is 0 Å². The number of aromatic nitrogens is 3. The Bertz CT molecular complexity index is 1340. The summed E-state index contributed by atoms with van der Waals surface area (Å²) in [6.45, 7) is 4.45. The fraction of sp³-hybridized carbons (Fsp3) is 0.370. The van der Waals surface area contributed by atoms with Crippen LogP contribution in [0.3, 0.4) is 0 Å². The number of hydrogen-bond donors (Lipinski definition) is 1. The van der Waals surface area contributed by atoms with Crippen LogP contribution in [-0.4, -0.2) is 45.7 Å². The number of anilines is 1. The number of nitrogens with one attached hydrogen (secondary N) is 1. The van der Waals surface area contributed by atoms with Crippen LogP contribution in [0.4, 0.5) is 14.6 Å². The molecule has 1 fully saturated rings. The smallest absolute Gasteiger partial charge is 0.289 e. The summed E-state index contributed by atoms with van der Waals surface area (Å²) in [4.78, 5) is 19.5. The molecule has 2 aromatic heterocycles. The lowest BCUT2D eigenvalue weighted by atomic mass is 9.99. The minimum Gasteiger partial charge on any atom is -0.306 e. The van der Waals surface area contributed by atoms with Gasteiger partial charge in [0.2, 0.25) is 0 Å². The number of benzene rings is 1. The molecule has 180 valence electrons. The van der Waals surface area contributed by atoms with E-state index in [1.54, 1.807) is 18.3 Å². The second-order valence-electron chi connectivity index (χ2n) is 9.43. The van der Waals surface area contributed by atoms with Gasteiger partial charge in [-0.1, -0.05) is 17.9 Å². The quantitative estimate of drug-likeness (QED) is 0.565. The maximum atomic E-state index is 14.1. The fourth-order valence-corrected chi connectivity index (χ4v) is 4.70. The molecule has 8 heteroatoms. The van der Waals surface area contributed by atoms with Crippen molar-refractivity contribution in [2.45, 2.75) is 44.6 Å². The summed E-state index contributed by atoms with van der Waals surface area (Å²) in [6, 6.07) is 8.58.